The molecule has 1 aliphatic carbocycles. The van der Waals surface area contributed by atoms with E-state index in [1.54, 1.807) is 5.56 Å². The van der Waals surface area contributed by atoms with Gasteiger partial charge in [0.25, 0.3) is 0 Å². The summed E-state index contributed by atoms with van der Waals surface area (Å²) in [4.78, 5) is 0.595. The van der Waals surface area contributed by atoms with Gasteiger partial charge in [-0.1, -0.05) is 73.3 Å². The molecule has 0 spiro atoms. The van der Waals surface area contributed by atoms with Crippen LogP contribution in [-0.2, 0) is 6.42 Å². The van der Waals surface area contributed by atoms with Gasteiger partial charge in [-0.3, -0.25) is 0 Å². The minimum Gasteiger partial charge on any atom is -0.0884 e. The van der Waals surface area contributed by atoms with Gasteiger partial charge in [0.05, 0.1) is 0 Å². The maximum Gasteiger partial charge on any atom is 0.0209 e. The first-order valence-corrected chi connectivity index (χ1v) is 8.31. The van der Waals surface area contributed by atoms with Crippen molar-refractivity contribution < 1.29 is 0 Å². The van der Waals surface area contributed by atoms with Crippen LogP contribution in [0.25, 0.3) is 0 Å². The molecule has 0 bridgehead atoms. The topological polar surface area (TPSA) is 0 Å². The first-order chi connectivity index (χ1) is 8.66. The Bertz CT molecular complexity index is 346. The van der Waals surface area contributed by atoms with E-state index >= 15 is 0 Å². The Morgan fingerprint density at radius 2 is 1.67 bits per heavy atom. The zero-order valence-corrected chi connectivity index (χ0v) is 13.2. The van der Waals surface area contributed by atoms with Gasteiger partial charge in [-0.25, -0.2) is 0 Å². The standard InChI is InChI=1S/C17H25Br/c1-13(2)17(18)12-14-8-10-16(11-9-14)15-6-4-3-5-7-15/h8-11,13,15,17H,3-7,12H2,1-2H3. The molecule has 0 nitrogen and oxygen atoms in total. The Labute approximate surface area is 120 Å². The van der Waals surface area contributed by atoms with E-state index in [9.17, 15) is 0 Å². The molecule has 1 fully saturated rings. The number of rotatable bonds is 4. The van der Waals surface area contributed by atoms with Crippen molar-refractivity contribution in [1.82, 2.24) is 0 Å². The summed E-state index contributed by atoms with van der Waals surface area (Å²) >= 11 is 3.77. The van der Waals surface area contributed by atoms with E-state index in [0.717, 1.165) is 12.3 Å². The van der Waals surface area contributed by atoms with Crippen molar-refractivity contribution in [2.45, 2.75) is 63.1 Å². The largest absolute Gasteiger partial charge is 0.0884 e. The molecular weight excluding hydrogens is 284 g/mol. The molecule has 0 amide bonds. The Hall–Kier alpha value is -0.300. The SMILES string of the molecule is CC(C)C(Br)Cc1ccc(C2CCCCC2)cc1. The lowest BCUT2D eigenvalue weighted by Gasteiger charge is -2.22. The third-order valence-electron chi connectivity index (χ3n) is 4.21. The highest BCUT2D eigenvalue weighted by atomic mass is 79.9. The molecule has 0 N–H and O–H groups in total. The van der Waals surface area contributed by atoms with E-state index in [0.29, 0.717) is 10.7 Å². The van der Waals surface area contributed by atoms with Crippen LogP contribution < -0.4 is 0 Å². The summed E-state index contributed by atoms with van der Waals surface area (Å²) < 4.78 is 0. The number of halogens is 1. The van der Waals surface area contributed by atoms with Crippen molar-refractivity contribution >= 4 is 15.9 Å². The van der Waals surface area contributed by atoms with E-state index in [-0.39, 0.29) is 0 Å². The van der Waals surface area contributed by atoms with Crippen molar-refractivity contribution in [1.29, 1.82) is 0 Å². The molecule has 0 aliphatic heterocycles. The zero-order valence-electron chi connectivity index (χ0n) is 11.7. The van der Waals surface area contributed by atoms with Gasteiger partial charge in [0.15, 0.2) is 0 Å². The molecule has 0 heterocycles. The zero-order chi connectivity index (χ0) is 13.0. The van der Waals surface area contributed by atoms with Crippen molar-refractivity contribution in [2.75, 3.05) is 0 Å². The monoisotopic (exact) mass is 308 g/mol. The normalized spacial score (nSPS) is 19.1. The maximum atomic E-state index is 3.77. The summed E-state index contributed by atoms with van der Waals surface area (Å²) in [6.45, 7) is 4.55. The van der Waals surface area contributed by atoms with Crippen molar-refractivity contribution in [3.05, 3.63) is 35.4 Å². The average molecular weight is 309 g/mol. The minimum absolute atomic E-state index is 0.595. The molecule has 1 unspecified atom stereocenters. The highest BCUT2D eigenvalue weighted by molar-refractivity contribution is 9.09. The van der Waals surface area contributed by atoms with Gasteiger partial charge in [0.1, 0.15) is 0 Å². The van der Waals surface area contributed by atoms with Crippen molar-refractivity contribution in [3.63, 3.8) is 0 Å². The van der Waals surface area contributed by atoms with E-state index in [4.69, 9.17) is 0 Å². The second-order valence-corrected chi connectivity index (χ2v) is 7.22. The molecule has 18 heavy (non-hydrogen) atoms. The fourth-order valence-electron chi connectivity index (χ4n) is 2.82. The average Bonchev–Trinajstić information content (AvgIpc) is 2.40. The van der Waals surface area contributed by atoms with Crippen LogP contribution in [0.4, 0.5) is 0 Å². The molecule has 1 heteroatoms. The molecular formula is C17H25Br. The lowest BCUT2D eigenvalue weighted by atomic mass is 9.84. The third kappa shape index (κ3) is 3.85. The molecule has 100 valence electrons. The molecule has 1 aromatic carbocycles. The third-order valence-corrected chi connectivity index (χ3v) is 5.59. The van der Waals surface area contributed by atoms with Gasteiger partial charge in [-0.05, 0) is 42.2 Å². The van der Waals surface area contributed by atoms with Crippen LogP contribution in [0.2, 0.25) is 0 Å². The van der Waals surface area contributed by atoms with Crippen LogP contribution in [0.15, 0.2) is 24.3 Å². The maximum absolute atomic E-state index is 3.77. The van der Waals surface area contributed by atoms with Crippen molar-refractivity contribution in [2.24, 2.45) is 5.92 Å². The molecule has 2 rings (SSSR count). The Balaban J connectivity index is 1.96. The Morgan fingerprint density at radius 3 is 2.22 bits per heavy atom. The molecule has 1 aliphatic rings. The number of alkyl halides is 1. The summed E-state index contributed by atoms with van der Waals surface area (Å²) in [6.07, 6.45) is 8.21. The molecule has 1 saturated carbocycles. The lowest BCUT2D eigenvalue weighted by molar-refractivity contribution is 0.443. The van der Waals surface area contributed by atoms with Crippen LogP contribution in [-0.4, -0.2) is 4.83 Å². The second kappa shape index (κ2) is 6.75. The predicted molar refractivity (Wildman–Crippen MR) is 83.5 cm³/mol. The molecule has 0 aromatic heterocycles. The predicted octanol–water partition coefficient (Wildman–Crippen LogP) is 5.70. The lowest BCUT2D eigenvalue weighted by Crippen LogP contribution is -2.10. The molecule has 0 radical (unpaired) electrons. The van der Waals surface area contributed by atoms with Crippen LogP contribution in [0, 0.1) is 5.92 Å². The first kappa shape index (κ1) is 14.1. The fraction of sp³-hybridized carbons (Fsp3) is 0.647. The molecule has 1 atom stereocenters. The van der Waals surface area contributed by atoms with Crippen LogP contribution in [0.1, 0.15) is 63.0 Å². The number of hydrogen-bond donors (Lipinski definition) is 0. The minimum atomic E-state index is 0.595. The Morgan fingerprint density at radius 1 is 1.06 bits per heavy atom. The highest BCUT2D eigenvalue weighted by Crippen LogP contribution is 2.32. The van der Waals surface area contributed by atoms with Gasteiger partial charge < -0.3 is 0 Å². The second-order valence-electron chi connectivity index (χ2n) is 6.04. The van der Waals surface area contributed by atoms with Crippen LogP contribution in [0.5, 0.6) is 0 Å². The highest BCUT2D eigenvalue weighted by Gasteiger charge is 2.15. The number of benzene rings is 1. The Kier molecular flexibility index (Phi) is 5.29. The van der Waals surface area contributed by atoms with Crippen LogP contribution in [0.3, 0.4) is 0 Å². The number of hydrogen-bond acceptors (Lipinski definition) is 0. The van der Waals surface area contributed by atoms with Gasteiger partial charge in [-0.2, -0.15) is 0 Å². The smallest absolute Gasteiger partial charge is 0.0209 e. The molecule has 1 aromatic rings. The first-order valence-electron chi connectivity index (χ1n) is 7.39. The van der Waals surface area contributed by atoms with Gasteiger partial charge >= 0.3 is 0 Å². The summed E-state index contributed by atoms with van der Waals surface area (Å²) in [7, 11) is 0. The van der Waals surface area contributed by atoms with Crippen molar-refractivity contribution in [3.8, 4) is 0 Å². The summed E-state index contributed by atoms with van der Waals surface area (Å²) in [5, 5.41) is 0. The van der Waals surface area contributed by atoms with Gasteiger partial charge in [0.2, 0.25) is 0 Å². The van der Waals surface area contributed by atoms with Gasteiger partial charge in [0, 0.05) is 4.83 Å². The summed E-state index contributed by atoms with van der Waals surface area (Å²) in [5.74, 6) is 1.53. The van der Waals surface area contributed by atoms with E-state index in [1.165, 1.54) is 37.7 Å². The van der Waals surface area contributed by atoms with E-state index in [2.05, 4.69) is 54.0 Å². The van der Waals surface area contributed by atoms with Crippen LogP contribution >= 0.6 is 15.9 Å². The fourth-order valence-corrected chi connectivity index (χ4v) is 3.20. The molecule has 0 saturated heterocycles. The van der Waals surface area contributed by atoms with E-state index in [1.807, 2.05) is 0 Å². The summed E-state index contributed by atoms with van der Waals surface area (Å²) in [5.41, 5.74) is 3.03. The summed E-state index contributed by atoms with van der Waals surface area (Å²) in [6, 6.07) is 9.40. The quantitative estimate of drug-likeness (QED) is 0.626. The van der Waals surface area contributed by atoms with E-state index < -0.39 is 0 Å². The van der Waals surface area contributed by atoms with Gasteiger partial charge in [-0.15, -0.1) is 0 Å².